The van der Waals surface area contributed by atoms with E-state index in [1.807, 2.05) is 52.8 Å². The van der Waals surface area contributed by atoms with E-state index >= 15 is 0 Å². The normalized spacial score (nSPS) is 10.4. The number of hydrogen-bond donors (Lipinski definition) is 6. The summed E-state index contributed by atoms with van der Waals surface area (Å²) in [4.78, 5) is 50.2. The number of alkyl halides is 3. The summed E-state index contributed by atoms with van der Waals surface area (Å²) in [5, 5.41) is 0.552. The number of guanidine groups is 3. The third-order valence-electron chi connectivity index (χ3n) is 7.51. The first-order valence-electron chi connectivity index (χ1n) is 17.4. The molecule has 57 heavy (non-hydrogen) atoms. The summed E-state index contributed by atoms with van der Waals surface area (Å²) in [5.74, 6) is -0.989. The SMILES string of the molecule is CCCN(C(=O)N=C(N)N)c1ccc(C)cc1C.CCCN(C(=O)N=C(N)N)c1ccc(Cl)cc1C.CCN(C(=O)N=C(N)N)c1c(C)cc(Cl)cc1C(F)(F)F. The number of aliphatic imine (C=N–C) groups is 3. The molecule has 312 valence electrons. The Hall–Kier alpha value is -5.75. The first-order valence-corrected chi connectivity index (χ1v) is 18.2. The fourth-order valence-corrected chi connectivity index (χ4v) is 5.83. The van der Waals surface area contributed by atoms with Crippen molar-refractivity contribution in [1.82, 2.24) is 0 Å². The first-order chi connectivity index (χ1) is 26.5. The van der Waals surface area contributed by atoms with Crippen LogP contribution in [0.25, 0.3) is 0 Å². The highest BCUT2D eigenvalue weighted by Gasteiger charge is 2.37. The van der Waals surface area contributed by atoms with Crippen molar-refractivity contribution in [2.45, 2.75) is 67.5 Å². The number of rotatable bonds is 8. The van der Waals surface area contributed by atoms with Crippen LogP contribution in [0.1, 0.15) is 61.4 Å². The molecule has 15 nitrogen and oxygen atoms in total. The van der Waals surface area contributed by atoms with Gasteiger partial charge in [-0.2, -0.15) is 28.1 Å². The van der Waals surface area contributed by atoms with E-state index in [9.17, 15) is 27.6 Å². The maximum absolute atomic E-state index is 13.1. The average molecular weight is 840 g/mol. The molecule has 3 aromatic rings. The number of halogens is 5. The summed E-state index contributed by atoms with van der Waals surface area (Å²) < 4.78 is 39.4. The van der Waals surface area contributed by atoms with Crippen LogP contribution < -0.4 is 49.1 Å². The third-order valence-corrected chi connectivity index (χ3v) is 7.96. The second kappa shape index (κ2) is 22.7. The van der Waals surface area contributed by atoms with Crippen LogP contribution in [-0.4, -0.2) is 55.6 Å². The van der Waals surface area contributed by atoms with Gasteiger partial charge >= 0.3 is 24.3 Å². The third kappa shape index (κ3) is 15.7. The molecular formula is C37H51Cl2F3N12O3. The molecule has 0 radical (unpaired) electrons. The number of nitrogens with two attached hydrogens (primary N) is 6. The molecule has 0 bridgehead atoms. The molecule has 0 aromatic heterocycles. The zero-order chi connectivity index (χ0) is 43.8. The van der Waals surface area contributed by atoms with Gasteiger partial charge < -0.3 is 34.4 Å². The van der Waals surface area contributed by atoms with Gasteiger partial charge in [-0.25, -0.2) is 14.4 Å². The van der Waals surface area contributed by atoms with Crippen LogP contribution in [0.4, 0.5) is 44.6 Å². The Morgan fingerprint density at radius 2 is 1.00 bits per heavy atom. The van der Waals surface area contributed by atoms with Gasteiger partial charge in [-0.1, -0.05) is 54.7 Å². The van der Waals surface area contributed by atoms with E-state index in [4.69, 9.17) is 57.6 Å². The van der Waals surface area contributed by atoms with Gasteiger partial charge in [0.2, 0.25) is 0 Å². The minimum atomic E-state index is -4.67. The number of urea groups is 3. The van der Waals surface area contributed by atoms with Crippen molar-refractivity contribution in [2.24, 2.45) is 49.4 Å². The van der Waals surface area contributed by atoms with Crippen molar-refractivity contribution in [1.29, 1.82) is 0 Å². The number of amides is 6. The minimum Gasteiger partial charge on any atom is -0.370 e. The van der Waals surface area contributed by atoms with Gasteiger partial charge in [0.15, 0.2) is 17.9 Å². The van der Waals surface area contributed by atoms with Gasteiger partial charge in [0.05, 0.1) is 11.3 Å². The zero-order valence-electron chi connectivity index (χ0n) is 32.9. The summed E-state index contributed by atoms with van der Waals surface area (Å²) in [5.41, 5.74) is 34.7. The topological polar surface area (TPSA) is 254 Å². The number of nitrogens with zero attached hydrogens (tertiary/aromatic N) is 6. The van der Waals surface area contributed by atoms with Gasteiger partial charge in [0.1, 0.15) is 0 Å². The van der Waals surface area contributed by atoms with E-state index in [0.717, 1.165) is 51.9 Å². The summed E-state index contributed by atoms with van der Waals surface area (Å²) in [6.45, 7) is 13.8. The molecular weight excluding hydrogens is 788 g/mol. The molecule has 0 saturated heterocycles. The van der Waals surface area contributed by atoms with Crippen LogP contribution >= 0.6 is 23.2 Å². The van der Waals surface area contributed by atoms with E-state index in [2.05, 4.69) is 15.0 Å². The maximum atomic E-state index is 13.1. The van der Waals surface area contributed by atoms with Crippen molar-refractivity contribution < 1.29 is 27.6 Å². The Morgan fingerprint density at radius 3 is 1.37 bits per heavy atom. The van der Waals surface area contributed by atoms with Gasteiger partial charge in [-0.15, -0.1) is 0 Å². The molecule has 0 aliphatic rings. The monoisotopic (exact) mass is 838 g/mol. The van der Waals surface area contributed by atoms with Gasteiger partial charge in [0.25, 0.3) is 0 Å². The molecule has 0 saturated carbocycles. The predicted octanol–water partition coefficient (Wildman–Crippen LogP) is 7.06. The summed E-state index contributed by atoms with van der Waals surface area (Å²) in [7, 11) is 0. The zero-order valence-corrected chi connectivity index (χ0v) is 34.4. The highest BCUT2D eigenvalue weighted by atomic mass is 35.5. The second-order valence-electron chi connectivity index (χ2n) is 12.3. The Balaban J connectivity index is 0.000000429. The molecule has 0 heterocycles. The quantitative estimate of drug-likeness (QED) is 0.100. The highest BCUT2D eigenvalue weighted by molar-refractivity contribution is 6.31. The standard InChI is InChI=1S/C13H20N4O.C12H14ClF3N4O.C12H17ClN4O/c1-4-7-17(13(18)16-12(14)15)11-6-5-9(2)8-10(11)3;1-3-20(11(21)19-10(17)18)9-6(2)4-7(13)5-8(9)12(14,15)16;1-3-6-17(12(18)16-11(14)15)10-5-4-9(13)7-8(10)2/h5-6,8H,4,7H2,1-3H3,(H4,14,15,16,18);4-5H,3H2,1-2H3,(H4,17,18,19,21);4-5,7H,3,6H2,1-2H3,(H4,14,15,16,18). The fraction of sp³-hybridized carbons (Fsp3) is 0.351. The van der Waals surface area contributed by atoms with E-state index in [0.29, 0.717) is 18.1 Å². The van der Waals surface area contributed by atoms with Crippen LogP contribution in [0.3, 0.4) is 0 Å². The number of benzene rings is 3. The van der Waals surface area contributed by atoms with Crippen LogP contribution in [0.15, 0.2) is 63.5 Å². The van der Waals surface area contributed by atoms with E-state index in [1.165, 1.54) is 24.8 Å². The largest absolute Gasteiger partial charge is 0.418 e. The molecule has 0 spiro atoms. The van der Waals surface area contributed by atoms with Crippen molar-refractivity contribution in [3.63, 3.8) is 0 Å². The Bertz CT molecular complexity index is 1870. The number of carbonyl (C=O) groups excluding carboxylic acids is 3. The van der Waals surface area contributed by atoms with Crippen molar-refractivity contribution >= 4 is 76.2 Å². The molecule has 12 N–H and O–H groups in total. The molecule has 3 rings (SSSR count). The first kappa shape index (κ1) is 49.3. The number of aryl methyl sites for hydroxylation is 4. The smallest absolute Gasteiger partial charge is 0.370 e. The Labute approximate surface area is 340 Å². The van der Waals surface area contributed by atoms with Crippen molar-refractivity contribution in [3.05, 3.63) is 86.4 Å². The van der Waals surface area contributed by atoms with Gasteiger partial charge in [-0.05, 0) is 101 Å². The molecule has 20 heteroatoms. The minimum absolute atomic E-state index is 0.0405. The lowest BCUT2D eigenvalue weighted by atomic mass is 10.1. The average Bonchev–Trinajstić information content (AvgIpc) is 3.07. The molecule has 0 fully saturated rings. The van der Waals surface area contributed by atoms with Gasteiger partial charge in [-0.3, -0.25) is 14.7 Å². The van der Waals surface area contributed by atoms with E-state index in [-0.39, 0.29) is 34.7 Å². The van der Waals surface area contributed by atoms with Crippen molar-refractivity contribution in [3.8, 4) is 0 Å². The Morgan fingerprint density at radius 1 is 0.596 bits per heavy atom. The van der Waals surface area contributed by atoms with Gasteiger partial charge in [0, 0.05) is 41.1 Å². The van der Waals surface area contributed by atoms with Crippen LogP contribution in [-0.2, 0) is 6.18 Å². The van der Waals surface area contributed by atoms with E-state index in [1.54, 1.807) is 23.1 Å². The lowest BCUT2D eigenvalue weighted by Gasteiger charge is -2.25. The summed E-state index contributed by atoms with van der Waals surface area (Å²) >= 11 is 11.6. The molecule has 6 amide bonds. The fourth-order valence-electron chi connectivity index (χ4n) is 5.33. The predicted molar refractivity (Wildman–Crippen MR) is 225 cm³/mol. The number of hydrogen-bond acceptors (Lipinski definition) is 3. The molecule has 3 aromatic carbocycles. The molecule has 0 aliphatic carbocycles. The second-order valence-corrected chi connectivity index (χ2v) is 13.2. The lowest BCUT2D eigenvalue weighted by Crippen LogP contribution is -2.34. The Kier molecular flexibility index (Phi) is 19.6. The summed E-state index contributed by atoms with van der Waals surface area (Å²) in [6.07, 6.45) is -3.04. The van der Waals surface area contributed by atoms with E-state index < -0.39 is 35.8 Å². The molecule has 0 aliphatic heterocycles. The summed E-state index contributed by atoms with van der Waals surface area (Å²) in [6, 6.07) is 11.4. The lowest BCUT2D eigenvalue weighted by molar-refractivity contribution is -0.137. The maximum Gasteiger partial charge on any atom is 0.418 e. The highest BCUT2D eigenvalue weighted by Crippen LogP contribution is 2.40. The van der Waals surface area contributed by atoms with Crippen LogP contribution in [0.5, 0.6) is 0 Å². The molecule has 0 atom stereocenters. The molecule has 0 unspecified atom stereocenters. The number of carbonyl (C=O) groups is 3. The van der Waals surface area contributed by atoms with Crippen LogP contribution in [0.2, 0.25) is 10.0 Å². The van der Waals surface area contributed by atoms with Crippen LogP contribution in [0, 0.1) is 27.7 Å². The number of anilines is 3. The van der Waals surface area contributed by atoms with Crippen molar-refractivity contribution in [2.75, 3.05) is 34.3 Å².